The first kappa shape index (κ1) is 12.7. The summed E-state index contributed by atoms with van der Waals surface area (Å²) in [6.07, 6.45) is 5.03. The van der Waals surface area contributed by atoms with Crippen LogP contribution in [0, 0.1) is 0 Å². The van der Waals surface area contributed by atoms with Crippen LogP contribution in [0.3, 0.4) is 0 Å². The van der Waals surface area contributed by atoms with Crippen molar-refractivity contribution in [3.8, 4) is 0 Å². The van der Waals surface area contributed by atoms with Gasteiger partial charge in [-0.1, -0.05) is 0 Å². The molecule has 3 amide bonds. The predicted molar refractivity (Wildman–Crippen MR) is 74.7 cm³/mol. The molecular weight excluding hydrogens is 270 g/mol. The van der Waals surface area contributed by atoms with Crippen LogP contribution in [0.1, 0.15) is 41.0 Å². The summed E-state index contributed by atoms with van der Waals surface area (Å²) in [5, 5.41) is 7.28. The SMILES string of the molecule is NC(=O)N1C[C@@H]2C[C@H]1CN2C(=O)c1n[nH]c2c1CCCC2. The van der Waals surface area contributed by atoms with Crippen LogP contribution in [0.15, 0.2) is 0 Å². The lowest BCUT2D eigenvalue weighted by Crippen LogP contribution is -2.52. The third-order valence-corrected chi connectivity index (χ3v) is 5.04. The summed E-state index contributed by atoms with van der Waals surface area (Å²) in [6.45, 7) is 1.13. The molecule has 2 atom stereocenters. The van der Waals surface area contributed by atoms with Gasteiger partial charge < -0.3 is 15.5 Å². The number of primary amides is 1. The van der Waals surface area contributed by atoms with Gasteiger partial charge >= 0.3 is 6.03 Å². The van der Waals surface area contributed by atoms with Crippen molar-refractivity contribution in [1.82, 2.24) is 20.0 Å². The minimum Gasteiger partial charge on any atom is -0.351 e. The largest absolute Gasteiger partial charge is 0.351 e. The summed E-state index contributed by atoms with van der Waals surface area (Å²) < 4.78 is 0. The maximum atomic E-state index is 12.8. The standard InChI is InChI=1S/C14H19N5O2/c15-14(21)19-7-8-5-9(19)6-18(8)13(20)12-10-3-1-2-4-11(10)16-17-12/h8-9H,1-7H2,(H2,15,21)(H,16,17)/t8-,9-/m0/s1. The van der Waals surface area contributed by atoms with Crippen molar-refractivity contribution in [2.75, 3.05) is 13.1 Å². The lowest BCUT2D eigenvalue weighted by molar-refractivity contribution is 0.0648. The Morgan fingerprint density at radius 2 is 1.86 bits per heavy atom. The summed E-state index contributed by atoms with van der Waals surface area (Å²) >= 11 is 0. The van der Waals surface area contributed by atoms with Gasteiger partial charge in [0.15, 0.2) is 5.69 Å². The van der Waals surface area contributed by atoms with Crippen LogP contribution in [0.5, 0.6) is 0 Å². The maximum Gasteiger partial charge on any atom is 0.315 e. The Morgan fingerprint density at radius 1 is 1.14 bits per heavy atom. The smallest absolute Gasteiger partial charge is 0.315 e. The van der Waals surface area contributed by atoms with Crippen molar-refractivity contribution >= 4 is 11.9 Å². The Hall–Kier alpha value is -2.05. The molecule has 0 unspecified atom stereocenters. The fourth-order valence-electron chi connectivity index (χ4n) is 3.98. The van der Waals surface area contributed by atoms with Gasteiger partial charge in [-0.2, -0.15) is 5.10 Å². The topological polar surface area (TPSA) is 95.3 Å². The average molecular weight is 289 g/mol. The van der Waals surface area contributed by atoms with Crippen molar-refractivity contribution < 1.29 is 9.59 Å². The average Bonchev–Trinajstić information content (AvgIpc) is 3.19. The molecule has 1 aromatic heterocycles. The molecule has 3 heterocycles. The molecule has 21 heavy (non-hydrogen) atoms. The summed E-state index contributed by atoms with van der Waals surface area (Å²) in [7, 11) is 0. The molecule has 1 aromatic rings. The third-order valence-electron chi connectivity index (χ3n) is 5.04. The molecule has 7 heteroatoms. The van der Waals surface area contributed by atoms with Crippen LogP contribution in [0.2, 0.25) is 0 Å². The van der Waals surface area contributed by atoms with Gasteiger partial charge in [-0.25, -0.2) is 4.79 Å². The summed E-state index contributed by atoms with van der Waals surface area (Å²) in [6, 6.07) is -0.219. The summed E-state index contributed by atoms with van der Waals surface area (Å²) in [4.78, 5) is 27.6. The Labute approximate surface area is 122 Å². The van der Waals surface area contributed by atoms with Gasteiger partial charge in [0.1, 0.15) is 0 Å². The predicted octanol–water partition coefficient (Wildman–Crippen LogP) is 0.266. The van der Waals surface area contributed by atoms with E-state index in [1.54, 1.807) is 4.90 Å². The fourth-order valence-corrected chi connectivity index (χ4v) is 3.98. The molecule has 1 aliphatic carbocycles. The molecule has 2 bridgehead atoms. The molecule has 0 radical (unpaired) electrons. The number of carbonyl (C=O) groups excluding carboxylic acids is 2. The monoisotopic (exact) mass is 289 g/mol. The molecule has 0 spiro atoms. The number of H-pyrrole nitrogens is 1. The molecule has 7 nitrogen and oxygen atoms in total. The molecular formula is C14H19N5O2. The number of nitrogens with zero attached hydrogens (tertiary/aromatic N) is 3. The van der Waals surface area contributed by atoms with Crippen LogP contribution < -0.4 is 5.73 Å². The van der Waals surface area contributed by atoms with E-state index < -0.39 is 0 Å². The molecule has 2 saturated heterocycles. The third kappa shape index (κ3) is 1.83. The van der Waals surface area contributed by atoms with Crippen LogP contribution in [0.4, 0.5) is 4.79 Å². The normalized spacial score (nSPS) is 27.0. The molecule has 3 aliphatic rings. The zero-order valence-corrected chi connectivity index (χ0v) is 11.8. The second-order valence-electron chi connectivity index (χ2n) is 6.23. The first-order chi connectivity index (χ1) is 10.1. The minimum absolute atomic E-state index is 0.00557. The number of fused-ring (bicyclic) bond motifs is 3. The number of hydrogen-bond donors (Lipinski definition) is 2. The van der Waals surface area contributed by atoms with E-state index in [0.717, 1.165) is 43.4 Å². The zero-order chi connectivity index (χ0) is 14.6. The number of piperazine rings is 1. The first-order valence-electron chi connectivity index (χ1n) is 7.58. The van der Waals surface area contributed by atoms with E-state index in [-0.39, 0.29) is 24.0 Å². The number of carbonyl (C=O) groups is 2. The van der Waals surface area contributed by atoms with Crippen LogP contribution >= 0.6 is 0 Å². The quantitative estimate of drug-likeness (QED) is 0.776. The van der Waals surface area contributed by atoms with Gasteiger partial charge in [-0.3, -0.25) is 9.89 Å². The Balaban J connectivity index is 1.55. The van der Waals surface area contributed by atoms with Crippen molar-refractivity contribution in [2.24, 2.45) is 5.73 Å². The molecule has 3 N–H and O–H groups in total. The van der Waals surface area contributed by atoms with Gasteiger partial charge in [-0.15, -0.1) is 0 Å². The first-order valence-corrected chi connectivity index (χ1v) is 7.58. The number of amides is 3. The molecule has 4 rings (SSSR count). The highest BCUT2D eigenvalue weighted by atomic mass is 16.2. The number of aryl methyl sites for hydroxylation is 1. The van der Waals surface area contributed by atoms with E-state index in [2.05, 4.69) is 10.2 Å². The van der Waals surface area contributed by atoms with E-state index in [9.17, 15) is 9.59 Å². The Bertz CT molecular complexity index is 611. The lowest BCUT2D eigenvalue weighted by Gasteiger charge is -2.33. The number of hydrogen-bond acceptors (Lipinski definition) is 3. The van der Waals surface area contributed by atoms with Crippen molar-refractivity contribution in [3.63, 3.8) is 0 Å². The molecule has 112 valence electrons. The number of nitrogens with two attached hydrogens (primary N) is 1. The van der Waals surface area contributed by atoms with Gasteiger partial charge in [0, 0.05) is 24.3 Å². The van der Waals surface area contributed by atoms with Crippen molar-refractivity contribution in [1.29, 1.82) is 0 Å². The number of nitrogens with one attached hydrogen (secondary N) is 1. The maximum absolute atomic E-state index is 12.8. The highest BCUT2D eigenvalue weighted by Crippen LogP contribution is 2.32. The van der Waals surface area contributed by atoms with E-state index in [1.807, 2.05) is 4.90 Å². The zero-order valence-electron chi connectivity index (χ0n) is 11.8. The van der Waals surface area contributed by atoms with Crippen molar-refractivity contribution in [2.45, 2.75) is 44.2 Å². The second kappa shape index (κ2) is 4.47. The van der Waals surface area contributed by atoms with Gasteiger partial charge in [0.05, 0.1) is 12.1 Å². The second-order valence-corrected chi connectivity index (χ2v) is 6.23. The number of rotatable bonds is 1. The number of aromatic amines is 1. The molecule has 0 aromatic carbocycles. The minimum atomic E-state index is -0.383. The summed E-state index contributed by atoms with van der Waals surface area (Å²) in [5.74, 6) is 0.00557. The number of aromatic nitrogens is 2. The van der Waals surface area contributed by atoms with Gasteiger partial charge in [-0.05, 0) is 32.1 Å². The summed E-state index contributed by atoms with van der Waals surface area (Å²) in [5.41, 5.74) is 8.16. The van der Waals surface area contributed by atoms with E-state index in [1.165, 1.54) is 0 Å². The fraction of sp³-hybridized carbons (Fsp3) is 0.643. The highest BCUT2D eigenvalue weighted by molar-refractivity contribution is 5.95. The van der Waals surface area contributed by atoms with Gasteiger partial charge in [0.25, 0.3) is 5.91 Å². The number of urea groups is 1. The lowest BCUT2D eigenvalue weighted by atomic mass is 9.95. The highest BCUT2D eigenvalue weighted by Gasteiger charge is 2.47. The van der Waals surface area contributed by atoms with Crippen LogP contribution in [0.25, 0.3) is 0 Å². The van der Waals surface area contributed by atoms with Crippen molar-refractivity contribution in [3.05, 3.63) is 17.0 Å². The Kier molecular flexibility index (Phi) is 2.70. The number of likely N-dealkylation sites (tertiary alicyclic amines) is 2. The van der Waals surface area contributed by atoms with Crippen LogP contribution in [-0.2, 0) is 12.8 Å². The molecule has 0 saturated carbocycles. The molecule has 2 aliphatic heterocycles. The van der Waals surface area contributed by atoms with Gasteiger partial charge in [0.2, 0.25) is 0 Å². The molecule has 2 fully saturated rings. The Morgan fingerprint density at radius 3 is 2.57 bits per heavy atom. The van der Waals surface area contributed by atoms with E-state index >= 15 is 0 Å². The van der Waals surface area contributed by atoms with Crippen LogP contribution in [-0.4, -0.2) is 57.1 Å². The van der Waals surface area contributed by atoms with E-state index in [0.29, 0.717) is 18.8 Å². The van der Waals surface area contributed by atoms with E-state index in [4.69, 9.17) is 5.73 Å².